The zero-order valence-electron chi connectivity index (χ0n) is 16.7. The van der Waals surface area contributed by atoms with Gasteiger partial charge in [0.25, 0.3) is 15.9 Å². The van der Waals surface area contributed by atoms with Gasteiger partial charge in [-0.15, -0.1) is 0 Å². The molecule has 0 aromatic heterocycles. The SMILES string of the molecule is CCCCCCCNC(=O)c1cc(S(=O)(=O)N2CCc3ccccc32)ccc1F. The van der Waals surface area contributed by atoms with Crippen LogP contribution in [0.25, 0.3) is 0 Å². The average molecular weight is 419 g/mol. The Kier molecular flexibility index (Phi) is 6.90. The van der Waals surface area contributed by atoms with Crippen molar-refractivity contribution in [3.05, 3.63) is 59.4 Å². The summed E-state index contributed by atoms with van der Waals surface area (Å²) >= 11 is 0. The molecule has 7 heteroatoms. The second kappa shape index (κ2) is 9.39. The summed E-state index contributed by atoms with van der Waals surface area (Å²) < 4.78 is 41.8. The average Bonchev–Trinajstić information content (AvgIpc) is 3.15. The van der Waals surface area contributed by atoms with Gasteiger partial charge in [-0.2, -0.15) is 0 Å². The Morgan fingerprint density at radius 3 is 2.66 bits per heavy atom. The predicted octanol–water partition coefficient (Wildman–Crippen LogP) is 4.28. The van der Waals surface area contributed by atoms with E-state index in [9.17, 15) is 17.6 Å². The van der Waals surface area contributed by atoms with Gasteiger partial charge in [0.2, 0.25) is 0 Å². The maximum absolute atomic E-state index is 14.2. The molecule has 0 saturated heterocycles. The molecule has 0 fully saturated rings. The van der Waals surface area contributed by atoms with Crippen LogP contribution in [0.15, 0.2) is 47.4 Å². The fourth-order valence-electron chi connectivity index (χ4n) is 3.55. The van der Waals surface area contributed by atoms with Crippen molar-refractivity contribution in [1.29, 1.82) is 0 Å². The fraction of sp³-hybridized carbons (Fsp3) is 0.409. The fourth-order valence-corrected chi connectivity index (χ4v) is 5.08. The summed E-state index contributed by atoms with van der Waals surface area (Å²) in [5.41, 5.74) is 1.35. The highest BCUT2D eigenvalue weighted by molar-refractivity contribution is 7.92. The van der Waals surface area contributed by atoms with Crippen LogP contribution in [0.3, 0.4) is 0 Å². The van der Waals surface area contributed by atoms with Crippen molar-refractivity contribution in [1.82, 2.24) is 5.32 Å². The van der Waals surface area contributed by atoms with E-state index in [0.29, 0.717) is 25.2 Å². The van der Waals surface area contributed by atoms with Gasteiger partial charge in [0.15, 0.2) is 0 Å². The van der Waals surface area contributed by atoms with E-state index in [2.05, 4.69) is 12.2 Å². The van der Waals surface area contributed by atoms with Crippen molar-refractivity contribution in [2.75, 3.05) is 17.4 Å². The van der Waals surface area contributed by atoms with E-state index in [4.69, 9.17) is 0 Å². The standard InChI is InChI=1S/C22H27FN2O3S/c1-2-3-4-5-8-14-24-22(26)19-16-18(11-12-20(19)23)29(27,28)25-15-13-17-9-6-7-10-21(17)25/h6-7,9-12,16H,2-5,8,13-15H2,1H3,(H,24,26). The lowest BCUT2D eigenvalue weighted by Crippen LogP contribution is -2.30. The van der Waals surface area contributed by atoms with E-state index in [-0.39, 0.29) is 10.5 Å². The number of anilines is 1. The second-order valence-electron chi connectivity index (χ2n) is 7.27. The van der Waals surface area contributed by atoms with Crippen LogP contribution in [0.1, 0.15) is 54.9 Å². The number of amides is 1. The molecule has 0 atom stereocenters. The number of unbranched alkanes of at least 4 members (excludes halogenated alkanes) is 4. The molecular formula is C22H27FN2O3S. The van der Waals surface area contributed by atoms with E-state index in [1.165, 1.54) is 10.4 Å². The Morgan fingerprint density at radius 2 is 1.86 bits per heavy atom. The van der Waals surface area contributed by atoms with Gasteiger partial charge in [-0.3, -0.25) is 9.10 Å². The van der Waals surface area contributed by atoms with Crippen molar-refractivity contribution in [3.63, 3.8) is 0 Å². The van der Waals surface area contributed by atoms with Crippen molar-refractivity contribution < 1.29 is 17.6 Å². The quantitative estimate of drug-likeness (QED) is 0.618. The summed E-state index contributed by atoms with van der Waals surface area (Å²) in [6.07, 6.45) is 5.84. The minimum absolute atomic E-state index is 0.0799. The Labute approximate surface area is 172 Å². The molecule has 3 rings (SSSR count). The summed E-state index contributed by atoms with van der Waals surface area (Å²) in [5, 5.41) is 2.69. The number of sulfonamides is 1. The number of fused-ring (bicyclic) bond motifs is 1. The van der Waals surface area contributed by atoms with Crippen molar-refractivity contribution in [2.24, 2.45) is 0 Å². The highest BCUT2D eigenvalue weighted by Crippen LogP contribution is 2.33. The van der Waals surface area contributed by atoms with E-state index >= 15 is 0 Å². The minimum Gasteiger partial charge on any atom is -0.352 e. The third kappa shape index (κ3) is 4.78. The van der Waals surface area contributed by atoms with Crippen LogP contribution >= 0.6 is 0 Å². The van der Waals surface area contributed by atoms with Crippen LogP contribution in [0, 0.1) is 5.82 Å². The Bertz CT molecular complexity index is 976. The molecule has 156 valence electrons. The molecule has 0 spiro atoms. The maximum atomic E-state index is 14.2. The zero-order chi connectivity index (χ0) is 20.9. The van der Waals surface area contributed by atoms with E-state index < -0.39 is 21.7 Å². The third-order valence-corrected chi connectivity index (χ3v) is 6.99. The largest absolute Gasteiger partial charge is 0.352 e. The smallest absolute Gasteiger partial charge is 0.264 e. The van der Waals surface area contributed by atoms with Crippen LogP contribution in [-0.2, 0) is 16.4 Å². The summed E-state index contributed by atoms with van der Waals surface area (Å²) in [7, 11) is -3.87. The van der Waals surface area contributed by atoms with E-state index in [1.807, 2.05) is 12.1 Å². The molecule has 1 N–H and O–H groups in total. The number of halogens is 1. The Hall–Kier alpha value is -2.41. The molecule has 1 aliphatic rings. The maximum Gasteiger partial charge on any atom is 0.264 e. The topological polar surface area (TPSA) is 66.5 Å². The highest BCUT2D eigenvalue weighted by atomic mass is 32.2. The predicted molar refractivity (Wildman–Crippen MR) is 112 cm³/mol. The lowest BCUT2D eigenvalue weighted by atomic mass is 10.1. The molecule has 0 unspecified atom stereocenters. The first-order valence-corrected chi connectivity index (χ1v) is 11.6. The first-order chi connectivity index (χ1) is 13.9. The third-order valence-electron chi connectivity index (χ3n) is 5.18. The Morgan fingerprint density at radius 1 is 1.10 bits per heavy atom. The van der Waals surface area contributed by atoms with Gasteiger partial charge in [-0.05, 0) is 42.7 Å². The molecule has 0 bridgehead atoms. The first-order valence-electron chi connectivity index (χ1n) is 10.1. The molecule has 0 radical (unpaired) electrons. The molecule has 1 heterocycles. The molecule has 29 heavy (non-hydrogen) atoms. The second-order valence-corrected chi connectivity index (χ2v) is 9.13. The van der Waals surface area contributed by atoms with Gasteiger partial charge in [-0.1, -0.05) is 50.8 Å². The molecule has 0 saturated carbocycles. The molecule has 2 aromatic carbocycles. The highest BCUT2D eigenvalue weighted by Gasteiger charge is 2.31. The number of carbonyl (C=O) groups is 1. The molecule has 1 aliphatic heterocycles. The van der Waals surface area contributed by atoms with E-state index in [1.54, 1.807) is 12.1 Å². The summed E-state index contributed by atoms with van der Waals surface area (Å²) in [5.74, 6) is -1.31. The molecule has 2 aromatic rings. The zero-order valence-corrected chi connectivity index (χ0v) is 17.5. The van der Waals surface area contributed by atoms with Crippen LogP contribution in [0.5, 0.6) is 0 Å². The van der Waals surface area contributed by atoms with Gasteiger partial charge in [-0.25, -0.2) is 12.8 Å². The lowest BCUT2D eigenvalue weighted by Gasteiger charge is -2.20. The van der Waals surface area contributed by atoms with Gasteiger partial charge in [0.05, 0.1) is 16.1 Å². The molecular weight excluding hydrogens is 391 g/mol. The lowest BCUT2D eigenvalue weighted by molar-refractivity contribution is 0.0948. The number of para-hydroxylation sites is 1. The number of hydrogen-bond acceptors (Lipinski definition) is 3. The van der Waals surface area contributed by atoms with Crippen LogP contribution in [-0.4, -0.2) is 27.4 Å². The first kappa shape index (κ1) is 21.3. The van der Waals surface area contributed by atoms with Gasteiger partial charge in [0, 0.05) is 13.1 Å². The summed E-state index contributed by atoms with van der Waals surface area (Å²) in [4.78, 5) is 12.3. The normalized spacial score (nSPS) is 13.4. The van der Waals surface area contributed by atoms with Gasteiger partial charge in [0.1, 0.15) is 5.82 Å². The monoisotopic (exact) mass is 418 g/mol. The van der Waals surface area contributed by atoms with Crippen molar-refractivity contribution in [2.45, 2.75) is 50.3 Å². The van der Waals surface area contributed by atoms with Crippen molar-refractivity contribution in [3.8, 4) is 0 Å². The number of benzene rings is 2. The minimum atomic E-state index is -3.87. The summed E-state index contributed by atoms with van der Waals surface area (Å²) in [6, 6.07) is 10.7. The van der Waals surface area contributed by atoms with Crippen LogP contribution in [0.4, 0.5) is 10.1 Å². The van der Waals surface area contributed by atoms with E-state index in [0.717, 1.165) is 49.8 Å². The number of rotatable bonds is 9. The van der Waals surface area contributed by atoms with Crippen molar-refractivity contribution >= 4 is 21.6 Å². The molecule has 0 aliphatic carbocycles. The number of hydrogen-bond donors (Lipinski definition) is 1. The number of nitrogens with zero attached hydrogens (tertiary/aromatic N) is 1. The number of carbonyl (C=O) groups excluding carboxylic acids is 1. The summed E-state index contributed by atoms with van der Waals surface area (Å²) in [6.45, 7) is 2.91. The molecule has 1 amide bonds. The van der Waals surface area contributed by atoms with Crippen LogP contribution in [0.2, 0.25) is 0 Å². The number of nitrogens with one attached hydrogen (secondary N) is 1. The van der Waals surface area contributed by atoms with Gasteiger partial charge >= 0.3 is 0 Å². The van der Waals surface area contributed by atoms with Crippen LogP contribution < -0.4 is 9.62 Å². The van der Waals surface area contributed by atoms with Gasteiger partial charge < -0.3 is 5.32 Å². The molecule has 5 nitrogen and oxygen atoms in total. The Balaban J connectivity index is 1.74.